The van der Waals surface area contributed by atoms with Crippen molar-refractivity contribution in [2.75, 3.05) is 52.5 Å². The van der Waals surface area contributed by atoms with Gasteiger partial charge in [-0.05, 0) is 24.0 Å². The quantitative estimate of drug-likeness (QED) is 0.783. The predicted molar refractivity (Wildman–Crippen MR) is 101 cm³/mol. The van der Waals surface area contributed by atoms with Crippen LogP contribution in [0.25, 0.3) is 0 Å². The van der Waals surface area contributed by atoms with Crippen LogP contribution in [0.1, 0.15) is 31.9 Å². The van der Waals surface area contributed by atoms with Crippen molar-refractivity contribution in [2.45, 2.75) is 39.2 Å². The SMILES string of the molecule is Cc1ccc(OC[C@@H](O)CN2CCN(CCO)CC2)c(C(C)(C)C)c1. The van der Waals surface area contributed by atoms with E-state index in [-0.39, 0.29) is 12.0 Å². The lowest BCUT2D eigenvalue weighted by molar-refractivity contribution is 0.0424. The Bertz CT molecular complexity index is 534. The second kappa shape index (κ2) is 8.99. The highest BCUT2D eigenvalue weighted by molar-refractivity contribution is 5.41. The van der Waals surface area contributed by atoms with E-state index in [1.165, 1.54) is 11.1 Å². The number of piperazine rings is 1. The summed E-state index contributed by atoms with van der Waals surface area (Å²) in [5.41, 5.74) is 2.41. The van der Waals surface area contributed by atoms with E-state index in [1.807, 2.05) is 6.07 Å². The number of nitrogens with zero attached hydrogens (tertiary/aromatic N) is 2. The number of rotatable bonds is 7. The zero-order valence-corrected chi connectivity index (χ0v) is 16.2. The summed E-state index contributed by atoms with van der Waals surface area (Å²) in [5.74, 6) is 0.866. The third-order valence-corrected chi connectivity index (χ3v) is 4.72. The van der Waals surface area contributed by atoms with E-state index in [4.69, 9.17) is 9.84 Å². The summed E-state index contributed by atoms with van der Waals surface area (Å²) in [6.07, 6.45) is -0.501. The molecule has 1 aromatic rings. The molecule has 0 unspecified atom stereocenters. The van der Waals surface area contributed by atoms with E-state index < -0.39 is 6.10 Å². The Kier molecular flexibility index (Phi) is 7.25. The zero-order valence-electron chi connectivity index (χ0n) is 16.2. The maximum atomic E-state index is 10.4. The van der Waals surface area contributed by atoms with Crippen LogP contribution in [-0.4, -0.2) is 78.6 Å². The number of benzene rings is 1. The fraction of sp³-hybridized carbons (Fsp3) is 0.700. The molecule has 0 spiro atoms. The van der Waals surface area contributed by atoms with Crippen LogP contribution in [0, 0.1) is 6.92 Å². The Morgan fingerprint density at radius 3 is 2.36 bits per heavy atom. The Morgan fingerprint density at radius 1 is 1.12 bits per heavy atom. The first-order valence-electron chi connectivity index (χ1n) is 9.27. The molecular weight excluding hydrogens is 316 g/mol. The fourth-order valence-electron chi connectivity index (χ4n) is 3.23. The zero-order chi connectivity index (χ0) is 18.4. The minimum atomic E-state index is -0.501. The van der Waals surface area contributed by atoms with E-state index in [0.29, 0.717) is 13.2 Å². The first kappa shape index (κ1) is 20.2. The Balaban J connectivity index is 1.84. The van der Waals surface area contributed by atoms with Gasteiger partial charge in [0.25, 0.3) is 0 Å². The number of aryl methyl sites for hydroxylation is 1. The lowest BCUT2D eigenvalue weighted by Gasteiger charge is -2.35. The number of β-amino-alcohol motifs (C(OH)–C–C–N with tert-alkyl or cyclic N) is 2. The molecule has 0 radical (unpaired) electrons. The van der Waals surface area contributed by atoms with E-state index >= 15 is 0 Å². The summed E-state index contributed by atoms with van der Waals surface area (Å²) in [6, 6.07) is 6.23. The highest BCUT2D eigenvalue weighted by atomic mass is 16.5. The van der Waals surface area contributed by atoms with Gasteiger partial charge in [-0.25, -0.2) is 0 Å². The molecule has 0 amide bonds. The molecule has 1 saturated heterocycles. The van der Waals surface area contributed by atoms with Gasteiger partial charge in [-0.3, -0.25) is 9.80 Å². The predicted octanol–water partition coefficient (Wildman–Crippen LogP) is 1.64. The van der Waals surface area contributed by atoms with Crippen molar-refractivity contribution in [3.8, 4) is 5.75 Å². The molecule has 5 heteroatoms. The van der Waals surface area contributed by atoms with Crippen molar-refractivity contribution < 1.29 is 14.9 Å². The lowest BCUT2D eigenvalue weighted by atomic mass is 9.85. The summed E-state index contributed by atoms with van der Waals surface area (Å²) in [6.45, 7) is 14.2. The van der Waals surface area contributed by atoms with Gasteiger partial charge in [-0.1, -0.05) is 38.5 Å². The molecule has 2 rings (SSSR count). The van der Waals surface area contributed by atoms with Gasteiger partial charge in [0.05, 0.1) is 6.61 Å². The summed E-state index contributed by atoms with van der Waals surface area (Å²) in [5, 5.41) is 19.4. The van der Waals surface area contributed by atoms with E-state index in [9.17, 15) is 5.11 Å². The molecule has 1 aliphatic heterocycles. The summed E-state index contributed by atoms with van der Waals surface area (Å²) >= 11 is 0. The van der Waals surface area contributed by atoms with Gasteiger partial charge in [0.2, 0.25) is 0 Å². The number of hydrogen-bond acceptors (Lipinski definition) is 5. The Morgan fingerprint density at radius 2 is 1.76 bits per heavy atom. The van der Waals surface area contributed by atoms with Gasteiger partial charge >= 0.3 is 0 Å². The normalized spacial score (nSPS) is 18.3. The first-order chi connectivity index (χ1) is 11.8. The molecule has 1 aliphatic rings. The molecule has 1 atom stereocenters. The topological polar surface area (TPSA) is 56.2 Å². The van der Waals surface area contributed by atoms with Crippen LogP contribution >= 0.6 is 0 Å². The van der Waals surface area contributed by atoms with Crippen molar-refractivity contribution >= 4 is 0 Å². The summed E-state index contributed by atoms with van der Waals surface area (Å²) < 4.78 is 5.96. The average molecular weight is 351 g/mol. The van der Waals surface area contributed by atoms with Gasteiger partial charge in [-0.2, -0.15) is 0 Å². The monoisotopic (exact) mass is 350 g/mol. The second-order valence-corrected chi connectivity index (χ2v) is 8.08. The Hall–Kier alpha value is -1.14. The lowest BCUT2D eigenvalue weighted by Crippen LogP contribution is -2.49. The maximum Gasteiger partial charge on any atom is 0.123 e. The molecule has 5 nitrogen and oxygen atoms in total. The van der Waals surface area contributed by atoms with Crippen LogP contribution < -0.4 is 4.74 Å². The number of aliphatic hydroxyl groups excluding tert-OH is 2. The van der Waals surface area contributed by atoms with E-state index in [0.717, 1.165) is 38.5 Å². The van der Waals surface area contributed by atoms with E-state index in [1.54, 1.807) is 0 Å². The van der Waals surface area contributed by atoms with Crippen LogP contribution in [-0.2, 0) is 5.41 Å². The fourth-order valence-corrected chi connectivity index (χ4v) is 3.23. The largest absolute Gasteiger partial charge is 0.491 e. The van der Waals surface area contributed by atoms with Crippen LogP contribution in [0.4, 0.5) is 0 Å². The number of ether oxygens (including phenoxy) is 1. The van der Waals surface area contributed by atoms with Gasteiger partial charge in [0.15, 0.2) is 0 Å². The maximum absolute atomic E-state index is 10.4. The molecule has 1 heterocycles. The molecule has 0 aliphatic carbocycles. The molecular formula is C20H34N2O3. The van der Waals surface area contributed by atoms with Gasteiger partial charge in [-0.15, -0.1) is 0 Å². The van der Waals surface area contributed by atoms with Crippen molar-refractivity contribution in [3.63, 3.8) is 0 Å². The average Bonchev–Trinajstić information content (AvgIpc) is 2.55. The smallest absolute Gasteiger partial charge is 0.123 e. The second-order valence-electron chi connectivity index (χ2n) is 8.08. The molecule has 0 bridgehead atoms. The van der Waals surface area contributed by atoms with Crippen LogP contribution in [0.3, 0.4) is 0 Å². The number of aliphatic hydroxyl groups is 2. The van der Waals surface area contributed by atoms with Gasteiger partial charge in [0.1, 0.15) is 18.5 Å². The van der Waals surface area contributed by atoms with Gasteiger partial charge in [0, 0.05) is 39.3 Å². The standard InChI is InChI=1S/C20H34N2O3/c1-16-5-6-19(18(13-16)20(2,3)4)25-15-17(24)14-22-9-7-21(8-10-22)11-12-23/h5-6,13,17,23-24H,7-12,14-15H2,1-4H3/t17-/m0/s1. The minimum Gasteiger partial charge on any atom is -0.491 e. The van der Waals surface area contributed by atoms with Crippen LogP contribution in [0.15, 0.2) is 18.2 Å². The highest BCUT2D eigenvalue weighted by Crippen LogP contribution is 2.32. The third-order valence-electron chi connectivity index (χ3n) is 4.72. The molecule has 2 N–H and O–H groups in total. The first-order valence-corrected chi connectivity index (χ1v) is 9.27. The molecule has 25 heavy (non-hydrogen) atoms. The summed E-state index contributed by atoms with van der Waals surface area (Å²) in [4.78, 5) is 4.52. The molecule has 0 aromatic heterocycles. The highest BCUT2D eigenvalue weighted by Gasteiger charge is 2.21. The number of hydrogen-bond donors (Lipinski definition) is 2. The Labute approximate surface area is 152 Å². The summed E-state index contributed by atoms with van der Waals surface area (Å²) in [7, 11) is 0. The van der Waals surface area contributed by atoms with Crippen LogP contribution in [0.5, 0.6) is 5.75 Å². The molecule has 142 valence electrons. The van der Waals surface area contributed by atoms with Crippen molar-refractivity contribution in [3.05, 3.63) is 29.3 Å². The van der Waals surface area contributed by atoms with Crippen LogP contribution in [0.2, 0.25) is 0 Å². The van der Waals surface area contributed by atoms with Crippen molar-refractivity contribution in [1.29, 1.82) is 0 Å². The minimum absolute atomic E-state index is 0.00927. The molecule has 0 saturated carbocycles. The molecule has 1 aromatic carbocycles. The van der Waals surface area contributed by atoms with Crippen molar-refractivity contribution in [1.82, 2.24) is 9.80 Å². The van der Waals surface area contributed by atoms with Gasteiger partial charge < -0.3 is 14.9 Å². The van der Waals surface area contributed by atoms with E-state index in [2.05, 4.69) is 49.6 Å². The third kappa shape index (κ3) is 6.26. The van der Waals surface area contributed by atoms with Crippen molar-refractivity contribution in [2.24, 2.45) is 0 Å². The molecule has 1 fully saturated rings.